The Bertz CT molecular complexity index is 767. The maximum Gasteiger partial charge on any atom is 0.251 e. The average molecular weight is 350 g/mol. The normalized spacial score (nSPS) is 9.85. The third-order valence-electron chi connectivity index (χ3n) is 3.84. The topological polar surface area (TPSA) is 85.2 Å². The van der Waals surface area contributed by atoms with Gasteiger partial charge in [0.1, 0.15) is 0 Å². The number of amides is 2. The minimum absolute atomic E-state index is 0.0985. The summed E-state index contributed by atoms with van der Waals surface area (Å²) in [4.78, 5) is 26.0. The van der Waals surface area contributed by atoms with Crippen molar-refractivity contribution in [1.29, 1.82) is 5.26 Å². The average Bonchev–Trinajstić information content (AvgIpc) is 2.68. The van der Waals surface area contributed by atoms with Crippen LogP contribution >= 0.6 is 0 Å². The number of nitriles is 1. The minimum Gasteiger partial charge on any atom is -0.371 e. The number of nitrogens with one attached hydrogen (secondary N) is 2. The highest BCUT2D eigenvalue weighted by Gasteiger charge is 2.08. The van der Waals surface area contributed by atoms with Gasteiger partial charge in [-0.25, -0.2) is 0 Å². The lowest BCUT2D eigenvalue weighted by atomic mass is 10.2. The molecule has 0 aromatic heterocycles. The molecule has 6 heteroatoms. The monoisotopic (exact) mass is 350 g/mol. The minimum atomic E-state index is -0.293. The van der Waals surface area contributed by atoms with Gasteiger partial charge in [0, 0.05) is 30.0 Å². The number of hydrogen-bond acceptors (Lipinski definition) is 4. The number of benzene rings is 2. The van der Waals surface area contributed by atoms with Gasteiger partial charge < -0.3 is 15.5 Å². The van der Waals surface area contributed by atoms with Crippen molar-refractivity contribution in [1.82, 2.24) is 5.32 Å². The molecule has 0 fully saturated rings. The van der Waals surface area contributed by atoms with E-state index in [-0.39, 0.29) is 18.4 Å². The number of rotatable bonds is 8. The molecule has 0 aliphatic carbocycles. The molecule has 26 heavy (non-hydrogen) atoms. The number of hydrogen-bond donors (Lipinski definition) is 2. The summed E-state index contributed by atoms with van der Waals surface area (Å²) in [5, 5.41) is 14.1. The van der Waals surface area contributed by atoms with Gasteiger partial charge in [-0.05, 0) is 43.3 Å². The van der Waals surface area contributed by atoms with E-state index >= 15 is 0 Å². The molecule has 6 nitrogen and oxygen atoms in total. The summed E-state index contributed by atoms with van der Waals surface area (Å²) in [5.74, 6) is -0.578. The van der Waals surface area contributed by atoms with Crippen molar-refractivity contribution in [3.05, 3.63) is 60.2 Å². The van der Waals surface area contributed by atoms with E-state index in [1.165, 1.54) is 0 Å². The molecule has 2 aromatic carbocycles. The molecule has 0 heterocycles. The summed E-state index contributed by atoms with van der Waals surface area (Å²) in [6.45, 7) is 3.41. The van der Waals surface area contributed by atoms with Crippen LogP contribution in [0.15, 0.2) is 54.6 Å². The van der Waals surface area contributed by atoms with Gasteiger partial charge in [-0.3, -0.25) is 9.59 Å². The Morgan fingerprint density at radius 3 is 2.38 bits per heavy atom. The van der Waals surface area contributed by atoms with Crippen LogP contribution in [0.5, 0.6) is 0 Å². The van der Waals surface area contributed by atoms with Crippen LogP contribution in [0.3, 0.4) is 0 Å². The largest absolute Gasteiger partial charge is 0.371 e. The van der Waals surface area contributed by atoms with Crippen LogP contribution in [0.4, 0.5) is 11.4 Å². The van der Waals surface area contributed by atoms with Crippen molar-refractivity contribution in [2.24, 2.45) is 0 Å². The molecule has 2 N–H and O–H groups in total. The number of carbonyl (C=O) groups is 2. The van der Waals surface area contributed by atoms with E-state index in [0.29, 0.717) is 24.2 Å². The van der Waals surface area contributed by atoms with Crippen molar-refractivity contribution in [2.45, 2.75) is 13.3 Å². The molecule has 0 saturated carbocycles. The third kappa shape index (κ3) is 5.64. The van der Waals surface area contributed by atoms with Crippen LogP contribution in [-0.2, 0) is 4.79 Å². The first kappa shape index (κ1) is 19.0. The van der Waals surface area contributed by atoms with Crippen molar-refractivity contribution in [3.8, 4) is 6.07 Å². The van der Waals surface area contributed by atoms with Crippen molar-refractivity contribution >= 4 is 23.2 Å². The summed E-state index contributed by atoms with van der Waals surface area (Å²) in [6.07, 6.45) is 0.466. The Morgan fingerprint density at radius 1 is 1.08 bits per heavy atom. The Morgan fingerprint density at radius 2 is 1.77 bits per heavy atom. The fourth-order valence-corrected chi connectivity index (χ4v) is 2.47. The Kier molecular flexibility index (Phi) is 7.19. The van der Waals surface area contributed by atoms with E-state index in [1.807, 2.05) is 25.1 Å². The lowest BCUT2D eigenvalue weighted by Gasteiger charge is -2.22. The van der Waals surface area contributed by atoms with E-state index in [4.69, 9.17) is 5.26 Å². The van der Waals surface area contributed by atoms with Crippen LogP contribution in [0.25, 0.3) is 0 Å². The summed E-state index contributed by atoms with van der Waals surface area (Å²) in [6, 6.07) is 18.3. The van der Waals surface area contributed by atoms with Gasteiger partial charge in [-0.15, -0.1) is 0 Å². The zero-order valence-electron chi connectivity index (χ0n) is 14.7. The van der Waals surface area contributed by atoms with Crippen LogP contribution in [0.2, 0.25) is 0 Å². The molecular formula is C20H22N4O2. The van der Waals surface area contributed by atoms with Crippen molar-refractivity contribution in [2.75, 3.05) is 29.9 Å². The van der Waals surface area contributed by atoms with Crippen molar-refractivity contribution in [3.63, 3.8) is 0 Å². The number of carbonyl (C=O) groups excluding carboxylic acids is 2. The van der Waals surface area contributed by atoms with Gasteiger partial charge in [-0.2, -0.15) is 5.26 Å². The first-order valence-corrected chi connectivity index (χ1v) is 8.49. The maximum atomic E-state index is 12.0. The third-order valence-corrected chi connectivity index (χ3v) is 3.84. The second-order valence-corrected chi connectivity index (χ2v) is 5.63. The van der Waals surface area contributed by atoms with E-state index in [2.05, 4.69) is 21.6 Å². The first-order valence-electron chi connectivity index (χ1n) is 8.49. The molecule has 2 aromatic rings. The zero-order chi connectivity index (χ0) is 18.8. The second kappa shape index (κ2) is 9.84. The molecule has 0 unspecified atom stereocenters. The zero-order valence-corrected chi connectivity index (χ0v) is 14.7. The Labute approximate surface area is 153 Å². The highest BCUT2D eigenvalue weighted by atomic mass is 16.2. The second-order valence-electron chi connectivity index (χ2n) is 5.63. The van der Waals surface area contributed by atoms with Crippen molar-refractivity contribution < 1.29 is 9.59 Å². The SMILES string of the molecule is CCN(CCC#N)c1ccc(NC(=O)CNC(=O)c2ccccc2)cc1. The Balaban J connectivity index is 1.85. The molecule has 134 valence electrons. The quantitative estimate of drug-likeness (QED) is 0.767. The molecule has 0 radical (unpaired) electrons. The summed E-state index contributed by atoms with van der Waals surface area (Å²) in [7, 11) is 0. The first-order chi connectivity index (χ1) is 12.6. The predicted molar refractivity (Wildman–Crippen MR) is 102 cm³/mol. The van der Waals surface area contributed by atoms with Crippen LogP contribution < -0.4 is 15.5 Å². The smallest absolute Gasteiger partial charge is 0.251 e. The maximum absolute atomic E-state index is 12.0. The fourth-order valence-electron chi connectivity index (χ4n) is 2.47. The highest BCUT2D eigenvalue weighted by molar-refractivity contribution is 5.99. The van der Waals surface area contributed by atoms with Crippen LogP contribution in [0, 0.1) is 11.3 Å². The summed E-state index contributed by atoms with van der Waals surface area (Å²) in [5.41, 5.74) is 2.17. The predicted octanol–water partition coefficient (Wildman–Crippen LogP) is 2.80. The molecule has 0 spiro atoms. The van der Waals surface area contributed by atoms with Gasteiger partial charge >= 0.3 is 0 Å². The van der Waals surface area contributed by atoms with E-state index in [9.17, 15) is 9.59 Å². The van der Waals surface area contributed by atoms with E-state index in [0.717, 1.165) is 12.2 Å². The van der Waals surface area contributed by atoms with Crippen LogP contribution in [-0.4, -0.2) is 31.4 Å². The summed E-state index contributed by atoms with van der Waals surface area (Å²) >= 11 is 0. The molecule has 2 rings (SSSR count). The lowest BCUT2D eigenvalue weighted by Crippen LogP contribution is -2.32. The van der Waals surface area contributed by atoms with Gasteiger partial charge in [0.25, 0.3) is 5.91 Å². The van der Waals surface area contributed by atoms with Gasteiger partial charge in [0.2, 0.25) is 5.91 Å². The van der Waals surface area contributed by atoms with Gasteiger partial charge in [0.15, 0.2) is 0 Å². The van der Waals surface area contributed by atoms with Gasteiger partial charge in [-0.1, -0.05) is 18.2 Å². The molecule has 0 aliphatic rings. The molecule has 0 saturated heterocycles. The van der Waals surface area contributed by atoms with E-state index in [1.54, 1.807) is 36.4 Å². The molecule has 0 atom stereocenters. The molecule has 0 bridgehead atoms. The molecule has 2 amide bonds. The standard InChI is InChI=1S/C20H22N4O2/c1-2-24(14-6-13-21)18-11-9-17(10-12-18)23-19(25)15-22-20(26)16-7-4-3-5-8-16/h3-5,7-12H,2,6,14-15H2,1H3,(H,22,26)(H,23,25). The van der Waals surface area contributed by atoms with Crippen LogP contribution in [0.1, 0.15) is 23.7 Å². The molecule has 0 aliphatic heterocycles. The lowest BCUT2D eigenvalue weighted by molar-refractivity contribution is -0.115. The number of nitrogens with zero attached hydrogens (tertiary/aromatic N) is 2. The van der Waals surface area contributed by atoms with Gasteiger partial charge in [0.05, 0.1) is 19.0 Å². The summed E-state index contributed by atoms with van der Waals surface area (Å²) < 4.78 is 0. The Hall–Kier alpha value is -3.33. The molecular weight excluding hydrogens is 328 g/mol. The highest BCUT2D eigenvalue weighted by Crippen LogP contribution is 2.18. The fraction of sp³-hybridized carbons (Fsp3) is 0.250. The number of anilines is 2. The van der Waals surface area contributed by atoms with E-state index < -0.39 is 0 Å².